The molecular weight excluding hydrogens is 332 g/mol. The number of rotatable bonds is 5. The van der Waals surface area contributed by atoms with Crippen LogP contribution in [0.3, 0.4) is 0 Å². The van der Waals surface area contributed by atoms with Crippen molar-refractivity contribution >= 4 is 15.9 Å². The van der Waals surface area contributed by atoms with Gasteiger partial charge in [-0.1, -0.05) is 36.4 Å². The summed E-state index contributed by atoms with van der Waals surface area (Å²) in [4.78, 5) is 16.4. The number of benzene rings is 1. The topological polar surface area (TPSA) is 109 Å². The van der Waals surface area contributed by atoms with Gasteiger partial charge in [0, 0.05) is 6.20 Å². The van der Waals surface area contributed by atoms with Crippen LogP contribution in [-0.4, -0.2) is 19.2 Å². The van der Waals surface area contributed by atoms with Crippen LogP contribution in [0.25, 0.3) is 0 Å². The number of hydrogen-bond donors (Lipinski definition) is 1. The minimum atomic E-state index is -4.05. The van der Waals surface area contributed by atoms with Crippen molar-refractivity contribution in [2.24, 2.45) is 5.73 Å². The molecule has 1 aromatic carbocycles. The number of nitrogens with zero attached hydrogens (tertiary/aromatic N) is 1. The maximum absolute atomic E-state index is 12.4. The standard InChI is InChI=1S/C16H14N2O5S/c17-16-15(13(19)14(22-16)12-8-4-5-9-18-12)23-24(20,21)10-11-6-2-1-3-7-11/h1-9,14H,10,17H2. The zero-order valence-corrected chi connectivity index (χ0v) is 13.3. The number of nitrogens with two attached hydrogens (primary N) is 1. The summed E-state index contributed by atoms with van der Waals surface area (Å²) in [6.07, 6.45) is 0.390. The second-order valence-electron chi connectivity index (χ2n) is 5.08. The van der Waals surface area contributed by atoms with E-state index in [0.29, 0.717) is 11.3 Å². The Labute approximate surface area is 138 Å². The van der Waals surface area contributed by atoms with E-state index in [4.69, 9.17) is 14.7 Å². The third-order valence-electron chi connectivity index (χ3n) is 3.28. The van der Waals surface area contributed by atoms with Crippen molar-refractivity contribution < 1.29 is 22.1 Å². The van der Waals surface area contributed by atoms with E-state index in [1.165, 1.54) is 6.20 Å². The number of carbonyl (C=O) groups excluding carboxylic acids is 1. The van der Waals surface area contributed by atoms with Gasteiger partial charge in [0.2, 0.25) is 17.7 Å². The molecule has 1 atom stereocenters. The van der Waals surface area contributed by atoms with Gasteiger partial charge in [-0.2, -0.15) is 8.42 Å². The molecule has 0 saturated carbocycles. The summed E-state index contributed by atoms with van der Waals surface area (Å²) >= 11 is 0. The number of hydrogen-bond acceptors (Lipinski definition) is 7. The quantitative estimate of drug-likeness (QED) is 0.815. The lowest BCUT2D eigenvalue weighted by atomic mass is 10.1. The molecule has 1 aliphatic heterocycles. The number of ketones is 1. The van der Waals surface area contributed by atoms with Crippen molar-refractivity contribution in [1.82, 2.24) is 4.98 Å². The smallest absolute Gasteiger partial charge is 0.313 e. The van der Waals surface area contributed by atoms with Gasteiger partial charge in [0.05, 0.1) is 5.69 Å². The van der Waals surface area contributed by atoms with Gasteiger partial charge in [-0.3, -0.25) is 9.78 Å². The number of pyridine rings is 1. The molecular formula is C16H14N2O5S. The highest BCUT2D eigenvalue weighted by Gasteiger charge is 2.40. The van der Waals surface area contributed by atoms with Gasteiger partial charge in [-0.25, -0.2) is 0 Å². The highest BCUT2D eigenvalue weighted by atomic mass is 32.2. The minimum absolute atomic E-state index is 0.324. The fraction of sp³-hybridized carbons (Fsp3) is 0.125. The first-order valence-electron chi connectivity index (χ1n) is 7.04. The molecule has 7 nitrogen and oxygen atoms in total. The summed E-state index contributed by atoms with van der Waals surface area (Å²) in [5, 5.41) is 0. The lowest BCUT2D eigenvalue weighted by Crippen LogP contribution is -2.16. The summed E-state index contributed by atoms with van der Waals surface area (Å²) in [7, 11) is -4.05. The molecule has 0 bridgehead atoms. The Bertz CT molecular complexity index is 879. The highest BCUT2D eigenvalue weighted by Crippen LogP contribution is 2.31. The van der Waals surface area contributed by atoms with E-state index in [9.17, 15) is 13.2 Å². The largest absolute Gasteiger partial charge is 0.458 e. The first-order chi connectivity index (χ1) is 11.5. The average molecular weight is 346 g/mol. The maximum atomic E-state index is 12.4. The third kappa shape index (κ3) is 3.38. The van der Waals surface area contributed by atoms with E-state index in [-0.39, 0.29) is 11.6 Å². The lowest BCUT2D eigenvalue weighted by Gasteiger charge is -2.08. The highest BCUT2D eigenvalue weighted by molar-refractivity contribution is 7.86. The van der Waals surface area contributed by atoms with Gasteiger partial charge in [0.1, 0.15) is 5.75 Å². The van der Waals surface area contributed by atoms with Crippen molar-refractivity contribution in [1.29, 1.82) is 0 Å². The molecule has 0 saturated heterocycles. The van der Waals surface area contributed by atoms with Crippen LogP contribution < -0.4 is 5.73 Å². The first-order valence-corrected chi connectivity index (χ1v) is 8.61. The summed E-state index contributed by atoms with van der Waals surface area (Å²) in [6.45, 7) is 0. The molecule has 2 heterocycles. The van der Waals surface area contributed by atoms with Gasteiger partial charge in [-0.15, -0.1) is 0 Å². The van der Waals surface area contributed by atoms with Crippen LogP contribution in [0.4, 0.5) is 0 Å². The Kier molecular flexibility index (Phi) is 4.22. The second-order valence-corrected chi connectivity index (χ2v) is 6.65. The Morgan fingerprint density at radius 1 is 1.12 bits per heavy atom. The van der Waals surface area contributed by atoms with Crippen LogP contribution in [0.2, 0.25) is 0 Å². The van der Waals surface area contributed by atoms with E-state index >= 15 is 0 Å². The van der Waals surface area contributed by atoms with Crippen LogP contribution in [-0.2, 0) is 29.6 Å². The average Bonchev–Trinajstić information content (AvgIpc) is 2.84. The molecule has 2 N–H and O–H groups in total. The Hall–Kier alpha value is -2.87. The SMILES string of the molecule is NC1=C(OS(=O)(=O)Cc2ccccc2)C(=O)C(c2ccccn2)O1. The van der Waals surface area contributed by atoms with Gasteiger partial charge in [0.25, 0.3) is 5.78 Å². The summed E-state index contributed by atoms with van der Waals surface area (Å²) in [5.74, 6) is -1.94. The molecule has 0 fully saturated rings. The monoisotopic (exact) mass is 346 g/mol. The van der Waals surface area contributed by atoms with E-state index in [1.807, 2.05) is 0 Å². The maximum Gasteiger partial charge on any atom is 0.313 e. The third-order valence-corrected chi connectivity index (χ3v) is 4.39. The van der Waals surface area contributed by atoms with Crippen molar-refractivity contribution in [2.45, 2.75) is 11.9 Å². The molecule has 0 spiro atoms. The van der Waals surface area contributed by atoms with Crippen LogP contribution in [0.5, 0.6) is 0 Å². The Morgan fingerprint density at radius 2 is 1.83 bits per heavy atom. The Morgan fingerprint density at radius 3 is 2.50 bits per heavy atom. The van der Waals surface area contributed by atoms with Crippen molar-refractivity contribution in [3.05, 3.63) is 77.6 Å². The molecule has 1 aromatic heterocycles. The van der Waals surface area contributed by atoms with E-state index in [0.717, 1.165) is 0 Å². The lowest BCUT2D eigenvalue weighted by molar-refractivity contribution is -0.123. The van der Waals surface area contributed by atoms with Crippen LogP contribution in [0.1, 0.15) is 17.4 Å². The Balaban J connectivity index is 1.77. The summed E-state index contributed by atoms with van der Waals surface area (Å²) in [5.41, 5.74) is 6.47. The van der Waals surface area contributed by atoms with Crippen LogP contribution in [0, 0.1) is 0 Å². The number of carbonyl (C=O) groups is 1. The number of aromatic nitrogens is 1. The van der Waals surface area contributed by atoms with Crippen molar-refractivity contribution in [3.8, 4) is 0 Å². The van der Waals surface area contributed by atoms with Gasteiger partial charge in [-0.05, 0) is 17.7 Å². The molecule has 0 aliphatic carbocycles. The predicted octanol–water partition coefficient (Wildman–Crippen LogP) is 1.40. The van der Waals surface area contributed by atoms with E-state index in [1.54, 1.807) is 48.5 Å². The molecule has 1 aliphatic rings. The van der Waals surface area contributed by atoms with Gasteiger partial charge in [0.15, 0.2) is 0 Å². The van der Waals surface area contributed by atoms with Crippen LogP contribution in [0.15, 0.2) is 66.4 Å². The van der Waals surface area contributed by atoms with Crippen LogP contribution >= 0.6 is 0 Å². The predicted molar refractivity (Wildman–Crippen MR) is 84.4 cm³/mol. The first kappa shape index (κ1) is 16.0. The number of Topliss-reactive ketones (excluding diaryl/α,β-unsaturated/α-hetero) is 1. The van der Waals surface area contributed by atoms with Gasteiger partial charge < -0.3 is 14.7 Å². The zero-order valence-electron chi connectivity index (χ0n) is 12.5. The molecule has 24 heavy (non-hydrogen) atoms. The van der Waals surface area contributed by atoms with E-state index in [2.05, 4.69) is 4.98 Å². The molecule has 124 valence electrons. The number of ether oxygens (including phenoxy) is 1. The summed E-state index contributed by atoms with van der Waals surface area (Å²) in [6, 6.07) is 13.4. The van der Waals surface area contributed by atoms with Gasteiger partial charge >= 0.3 is 10.1 Å². The second kappa shape index (κ2) is 6.32. The molecule has 3 rings (SSSR count). The molecule has 1 unspecified atom stereocenters. The van der Waals surface area contributed by atoms with E-state index < -0.39 is 27.8 Å². The zero-order chi connectivity index (χ0) is 17.2. The molecule has 0 amide bonds. The normalized spacial score (nSPS) is 17.7. The molecule has 2 aromatic rings. The fourth-order valence-electron chi connectivity index (χ4n) is 2.22. The van der Waals surface area contributed by atoms with Crippen molar-refractivity contribution in [2.75, 3.05) is 0 Å². The molecule has 0 radical (unpaired) electrons. The minimum Gasteiger partial charge on any atom is -0.458 e. The van der Waals surface area contributed by atoms with Crippen molar-refractivity contribution in [3.63, 3.8) is 0 Å². The summed E-state index contributed by atoms with van der Waals surface area (Å²) < 4.78 is 34.4. The molecule has 8 heteroatoms. The fourth-order valence-corrected chi connectivity index (χ4v) is 3.29.